The van der Waals surface area contributed by atoms with Crippen LogP contribution in [0.4, 0.5) is 0 Å². The molecule has 0 saturated carbocycles. The first-order chi connectivity index (χ1) is 42.4. The maximum atomic E-state index is 10.5. The van der Waals surface area contributed by atoms with E-state index in [2.05, 4.69) is 185 Å². The van der Waals surface area contributed by atoms with E-state index in [-0.39, 0.29) is 0 Å². The zero-order valence-corrected chi connectivity index (χ0v) is 46.9. The summed E-state index contributed by atoms with van der Waals surface area (Å²) in [7, 11) is 0. The molecule has 12 aromatic carbocycles. The highest BCUT2D eigenvalue weighted by Crippen LogP contribution is 2.48. The van der Waals surface area contributed by atoms with Crippen molar-refractivity contribution in [2.45, 2.75) is 0 Å². The van der Waals surface area contributed by atoms with Crippen LogP contribution in [-0.2, 0) is 0 Å². The lowest BCUT2D eigenvalue weighted by Gasteiger charge is -2.16. The highest BCUT2D eigenvalue weighted by Gasteiger charge is 2.25. The first-order valence-corrected chi connectivity index (χ1v) is 29.6. The van der Waals surface area contributed by atoms with Crippen molar-refractivity contribution in [3.05, 3.63) is 253 Å². The van der Waals surface area contributed by atoms with Crippen LogP contribution in [0.2, 0.25) is 0 Å². The normalized spacial score (nSPS) is 11.7. The zero-order valence-electron chi connectivity index (χ0n) is 45.3. The van der Waals surface area contributed by atoms with Gasteiger partial charge in [-0.05, 0) is 126 Å². The predicted molar refractivity (Wildman–Crippen MR) is 352 cm³/mol. The van der Waals surface area contributed by atoms with Crippen LogP contribution in [0.3, 0.4) is 0 Å². The Labute approximate surface area is 497 Å². The van der Waals surface area contributed by atoms with Crippen molar-refractivity contribution in [3.8, 4) is 57.9 Å². The van der Waals surface area contributed by atoms with Crippen LogP contribution < -0.4 is 0 Å². The van der Waals surface area contributed by atoms with Gasteiger partial charge in [0.25, 0.3) is 0 Å². The van der Waals surface area contributed by atoms with Gasteiger partial charge in [-0.15, -0.1) is 22.7 Å². The molecule has 18 aromatic rings. The SMILES string of the molecule is N#Cc1ccc(-c2ccc3oc4ccc(C#N)cc4c3c2)c(-n2c3ccccc3c3ccc4sc5ccccc5c4c32)c1.N#Cc1ccc2oc3ccc(-c4cccc(C#N)c4-n4c5ccccc5c5ccc6sc7ccccc7c6c54)cc3c2c1. The number of rotatable bonds is 4. The summed E-state index contributed by atoms with van der Waals surface area (Å²) in [5, 5.41) is 52.8. The largest absolute Gasteiger partial charge is 0.456 e. The molecular formula is C76H38N6O2S2. The van der Waals surface area contributed by atoms with Gasteiger partial charge < -0.3 is 18.0 Å². The summed E-state index contributed by atoms with van der Waals surface area (Å²) >= 11 is 3.60. The Morgan fingerprint density at radius 1 is 0.314 bits per heavy atom. The molecule has 0 bridgehead atoms. The highest BCUT2D eigenvalue weighted by molar-refractivity contribution is 7.26. The highest BCUT2D eigenvalue weighted by atomic mass is 32.1. The van der Waals surface area contributed by atoms with Gasteiger partial charge in [-0.1, -0.05) is 115 Å². The van der Waals surface area contributed by atoms with Crippen LogP contribution in [0.5, 0.6) is 0 Å². The second-order valence-corrected chi connectivity index (χ2v) is 23.7. The fourth-order valence-corrected chi connectivity index (χ4v) is 15.4. The van der Waals surface area contributed by atoms with Gasteiger partial charge in [-0.2, -0.15) is 21.0 Å². The van der Waals surface area contributed by atoms with Crippen molar-refractivity contribution >= 4 is 151 Å². The molecule has 0 atom stereocenters. The van der Waals surface area contributed by atoms with Crippen LogP contribution in [0.25, 0.3) is 161 Å². The number of nitrogens with zero attached hydrogens (tertiary/aromatic N) is 6. The summed E-state index contributed by atoms with van der Waals surface area (Å²) in [5.41, 5.74) is 15.5. The second-order valence-electron chi connectivity index (χ2n) is 21.5. The smallest absolute Gasteiger partial charge is 0.135 e. The average molecular weight is 1130 g/mol. The summed E-state index contributed by atoms with van der Waals surface area (Å²) < 4.78 is 21.8. The number of hydrogen-bond acceptors (Lipinski definition) is 8. The first-order valence-electron chi connectivity index (χ1n) is 27.9. The number of benzene rings is 12. The standard InChI is InChI=1S/2C38H19N3OS/c39-20-22-12-15-32-29(18-22)30-19-23(13-16-33(30)42-32)25-9-5-6-24(21-40)37(25)41-31-10-3-1-7-26(31)27-14-17-35-36(38(27)41)28-8-2-4-11-34(28)43-35;39-20-22-10-14-33-29(17-22)30-19-24(11-15-34(30)42-33)25-12-9-23(21-40)18-32(25)41-31-7-3-1-5-26(31)27-13-16-36-37(38(27)41)28-6-2-4-8-35(28)43-36/h2*1-19H. The third kappa shape index (κ3) is 7.23. The predicted octanol–water partition coefficient (Wildman–Crippen LogP) is 20.9. The molecule has 0 amide bonds. The van der Waals surface area contributed by atoms with Crippen molar-refractivity contribution in [2.75, 3.05) is 0 Å². The average Bonchev–Trinajstić information content (AvgIpc) is 1.89. The Balaban J connectivity index is 0.000000134. The van der Waals surface area contributed by atoms with Gasteiger partial charge in [0.05, 0.1) is 73.9 Å². The Morgan fingerprint density at radius 2 is 0.767 bits per heavy atom. The van der Waals surface area contributed by atoms with Gasteiger partial charge in [0.15, 0.2) is 0 Å². The van der Waals surface area contributed by atoms with Crippen LogP contribution in [0.1, 0.15) is 22.3 Å². The number of aromatic nitrogens is 2. The van der Waals surface area contributed by atoms with Gasteiger partial charge in [0, 0.05) is 94.6 Å². The Bertz CT molecular complexity index is 6170. The van der Waals surface area contributed by atoms with E-state index in [4.69, 9.17) is 8.83 Å². The lowest BCUT2D eigenvalue weighted by Crippen LogP contribution is -2.01. The van der Waals surface area contributed by atoms with Gasteiger partial charge in [0.2, 0.25) is 0 Å². The third-order valence-corrected chi connectivity index (χ3v) is 19.2. The van der Waals surface area contributed by atoms with E-state index in [0.29, 0.717) is 22.3 Å². The van der Waals surface area contributed by atoms with E-state index in [1.807, 2.05) is 66.7 Å². The Hall–Kier alpha value is -11.8. The number of furan rings is 2. The molecule has 0 aliphatic heterocycles. The fourth-order valence-electron chi connectivity index (χ4n) is 13.2. The minimum atomic E-state index is 0.588. The van der Waals surface area contributed by atoms with Gasteiger partial charge in [-0.25, -0.2) is 0 Å². The molecule has 396 valence electrons. The maximum absolute atomic E-state index is 10.5. The van der Waals surface area contributed by atoms with E-state index in [0.717, 1.165) is 110 Å². The van der Waals surface area contributed by atoms with Gasteiger partial charge >= 0.3 is 0 Å². The number of nitriles is 4. The van der Waals surface area contributed by atoms with Crippen LogP contribution >= 0.6 is 22.7 Å². The lowest BCUT2D eigenvalue weighted by molar-refractivity contribution is 0.668. The summed E-state index contributed by atoms with van der Waals surface area (Å²) in [5.74, 6) is 0. The van der Waals surface area contributed by atoms with Crippen LogP contribution in [0.15, 0.2) is 239 Å². The number of para-hydroxylation sites is 3. The van der Waals surface area contributed by atoms with Crippen molar-refractivity contribution < 1.29 is 8.83 Å². The van der Waals surface area contributed by atoms with E-state index in [1.165, 1.54) is 51.1 Å². The molecular weight excluding hydrogens is 1090 g/mol. The van der Waals surface area contributed by atoms with Crippen LogP contribution in [-0.4, -0.2) is 9.13 Å². The lowest BCUT2D eigenvalue weighted by atomic mass is 9.97. The molecule has 0 fully saturated rings. The minimum absolute atomic E-state index is 0.588. The van der Waals surface area contributed by atoms with Crippen molar-refractivity contribution in [1.29, 1.82) is 21.0 Å². The summed E-state index contributed by atoms with van der Waals surface area (Å²) in [4.78, 5) is 0. The molecule has 0 aliphatic carbocycles. The summed E-state index contributed by atoms with van der Waals surface area (Å²) in [6.07, 6.45) is 0. The molecule has 6 aromatic heterocycles. The van der Waals surface area contributed by atoms with Gasteiger partial charge in [0.1, 0.15) is 28.4 Å². The van der Waals surface area contributed by atoms with Gasteiger partial charge in [-0.3, -0.25) is 0 Å². The Kier molecular flexibility index (Phi) is 10.7. The van der Waals surface area contributed by atoms with Crippen molar-refractivity contribution in [2.24, 2.45) is 0 Å². The number of thiophene rings is 2. The van der Waals surface area contributed by atoms with Crippen LogP contribution in [0, 0.1) is 45.3 Å². The molecule has 6 heterocycles. The van der Waals surface area contributed by atoms with Crippen molar-refractivity contribution in [1.82, 2.24) is 9.13 Å². The van der Waals surface area contributed by atoms with Crippen molar-refractivity contribution in [3.63, 3.8) is 0 Å². The topological polar surface area (TPSA) is 131 Å². The molecule has 0 radical (unpaired) electrons. The quantitative estimate of drug-likeness (QED) is 0.172. The van der Waals surface area contributed by atoms with E-state index in [9.17, 15) is 21.0 Å². The summed E-state index contributed by atoms with van der Waals surface area (Å²) in [6.45, 7) is 0. The minimum Gasteiger partial charge on any atom is -0.456 e. The molecule has 0 unspecified atom stereocenters. The first kappa shape index (κ1) is 48.9. The molecule has 0 saturated heterocycles. The fraction of sp³-hybridized carbons (Fsp3) is 0. The molecule has 0 N–H and O–H groups in total. The summed E-state index contributed by atoms with van der Waals surface area (Å²) in [6, 6.07) is 87.6. The number of hydrogen-bond donors (Lipinski definition) is 0. The van der Waals surface area contributed by atoms with E-state index < -0.39 is 0 Å². The second kappa shape index (κ2) is 18.9. The van der Waals surface area contributed by atoms with E-state index >= 15 is 0 Å². The third-order valence-electron chi connectivity index (χ3n) is 16.9. The Morgan fingerprint density at radius 3 is 1.31 bits per heavy atom. The monoisotopic (exact) mass is 1130 g/mol. The number of fused-ring (bicyclic) bond motifs is 20. The molecule has 0 aliphatic rings. The van der Waals surface area contributed by atoms with E-state index in [1.54, 1.807) is 34.8 Å². The molecule has 8 nitrogen and oxygen atoms in total. The molecule has 86 heavy (non-hydrogen) atoms. The molecule has 0 spiro atoms. The molecule has 18 rings (SSSR count). The molecule has 10 heteroatoms. The maximum Gasteiger partial charge on any atom is 0.135 e. The zero-order chi connectivity index (χ0) is 57.3.